The van der Waals surface area contributed by atoms with Crippen LogP contribution in [0, 0.1) is 5.92 Å². The average Bonchev–Trinajstić information content (AvgIpc) is 2.39. The van der Waals surface area contributed by atoms with Gasteiger partial charge in [0, 0.05) is 19.7 Å². The second kappa shape index (κ2) is 5.49. The maximum Gasteiger partial charge on any atom is 0.306 e. The first-order chi connectivity index (χ1) is 8.18. The molecule has 2 heterocycles. The molecule has 5 nitrogen and oxygen atoms in total. The fraction of sp³-hybridized carbons (Fsp3) is 0.833. The lowest BCUT2D eigenvalue weighted by atomic mass is 9.96. The summed E-state index contributed by atoms with van der Waals surface area (Å²) in [5.41, 5.74) is 0. The molecule has 2 aliphatic rings. The minimum atomic E-state index is -0.744. The van der Waals surface area contributed by atoms with Gasteiger partial charge in [0.2, 0.25) is 0 Å². The third kappa shape index (κ3) is 2.97. The number of aliphatic carboxylic acids is 1. The van der Waals surface area contributed by atoms with Crippen molar-refractivity contribution < 1.29 is 19.4 Å². The molecule has 0 aromatic heterocycles. The van der Waals surface area contributed by atoms with E-state index in [9.17, 15) is 9.59 Å². The number of amides is 1. The van der Waals surface area contributed by atoms with Crippen molar-refractivity contribution >= 4 is 11.9 Å². The molecule has 0 aromatic rings. The average molecular weight is 241 g/mol. The molecule has 17 heavy (non-hydrogen) atoms. The highest BCUT2D eigenvalue weighted by Gasteiger charge is 2.31. The Bertz CT molecular complexity index is 291. The number of carboxylic acid groups (broad SMARTS) is 1. The van der Waals surface area contributed by atoms with Crippen molar-refractivity contribution in [2.75, 3.05) is 19.7 Å². The van der Waals surface area contributed by atoms with E-state index in [2.05, 4.69) is 0 Å². The van der Waals surface area contributed by atoms with E-state index >= 15 is 0 Å². The van der Waals surface area contributed by atoms with E-state index < -0.39 is 5.97 Å². The lowest BCUT2D eigenvalue weighted by Crippen LogP contribution is -2.46. The van der Waals surface area contributed by atoms with Gasteiger partial charge in [0.1, 0.15) is 6.10 Å². The third-order valence-corrected chi connectivity index (χ3v) is 3.61. The van der Waals surface area contributed by atoms with E-state index in [-0.39, 0.29) is 17.9 Å². The van der Waals surface area contributed by atoms with Gasteiger partial charge >= 0.3 is 5.97 Å². The number of ether oxygens (including phenoxy) is 1. The van der Waals surface area contributed by atoms with Crippen LogP contribution in [-0.4, -0.2) is 47.7 Å². The number of likely N-dealkylation sites (tertiary alicyclic amines) is 1. The third-order valence-electron chi connectivity index (χ3n) is 3.61. The van der Waals surface area contributed by atoms with Crippen LogP contribution in [0.15, 0.2) is 0 Å². The van der Waals surface area contributed by atoms with Gasteiger partial charge in [-0.1, -0.05) is 0 Å². The molecule has 0 unspecified atom stereocenters. The van der Waals surface area contributed by atoms with Gasteiger partial charge in [0.15, 0.2) is 0 Å². The summed E-state index contributed by atoms with van der Waals surface area (Å²) < 4.78 is 5.46. The van der Waals surface area contributed by atoms with Gasteiger partial charge < -0.3 is 14.7 Å². The predicted molar refractivity (Wildman–Crippen MR) is 60.5 cm³/mol. The number of carboxylic acids is 1. The van der Waals surface area contributed by atoms with E-state index in [4.69, 9.17) is 9.84 Å². The zero-order valence-corrected chi connectivity index (χ0v) is 9.93. The van der Waals surface area contributed by atoms with E-state index in [1.807, 2.05) is 0 Å². The smallest absolute Gasteiger partial charge is 0.306 e. The van der Waals surface area contributed by atoms with E-state index in [1.165, 1.54) is 0 Å². The first kappa shape index (κ1) is 12.4. The number of piperidine rings is 1. The number of hydrogen-bond acceptors (Lipinski definition) is 3. The SMILES string of the molecule is O=C(O)C1CCN(C(=O)[C@H]2CCCCO2)CC1. The van der Waals surface area contributed by atoms with Crippen molar-refractivity contribution in [2.45, 2.75) is 38.2 Å². The largest absolute Gasteiger partial charge is 0.481 e. The summed E-state index contributed by atoms with van der Waals surface area (Å²) in [6.45, 7) is 1.77. The van der Waals surface area contributed by atoms with Crippen molar-refractivity contribution in [3.63, 3.8) is 0 Å². The Hall–Kier alpha value is -1.10. The quantitative estimate of drug-likeness (QED) is 0.779. The summed E-state index contributed by atoms with van der Waals surface area (Å²) >= 11 is 0. The molecule has 96 valence electrons. The lowest BCUT2D eigenvalue weighted by Gasteiger charge is -2.33. The maximum absolute atomic E-state index is 12.1. The van der Waals surface area contributed by atoms with Crippen molar-refractivity contribution in [3.8, 4) is 0 Å². The minimum absolute atomic E-state index is 0.0496. The number of carbonyl (C=O) groups excluding carboxylic acids is 1. The van der Waals surface area contributed by atoms with Crippen LogP contribution in [0.1, 0.15) is 32.1 Å². The van der Waals surface area contributed by atoms with E-state index in [1.54, 1.807) is 4.90 Å². The molecule has 2 saturated heterocycles. The summed E-state index contributed by atoms with van der Waals surface area (Å²) in [6.07, 6.45) is 3.72. The van der Waals surface area contributed by atoms with Crippen molar-refractivity contribution in [3.05, 3.63) is 0 Å². The number of nitrogens with zero attached hydrogens (tertiary/aromatic N) is 1. The van der Waals surface area contributed by atoms with Crippen molar-refractivity contribution in [1.82, 2.24) is 4.90 Å². The molecule has 1 amide bonds. The zero-order chi connectivity index (χ0) is 12.3. The van der Waals surface area contributed by atoms with Gasteiger partial charge in [-0.25, -0.2) is 0 Å². The summed E-state index contributed by atoms with van der Waals surface area (Å²) in [4.78, 5) is 24.6. The highest BCUT2D eigenvalue weighted by Crippen LogP contribution is 2.21. The highest BCUT2D eigenvalue weighted by molar-refractivity contribution is 5.81. The van der Waals surface area contributed by atoms with Gasteiger partial charge in [-0.3, -0.25) is 9.59 Å². The van der Waals surface area contributed by atoms with Gasteiger partial charge in [-0.05, 0) is 32.1 Å². The molecule has 2 aliphatic heterocycles. The number of hydrogen-bond donors (Lipinski definition) is 1. The van der Waals surface area contributed by atoms with Crippen LogP contribution in [0.25, 0.3) is 0 Å². The predicted octanol–water partition coefficient (Wildman–Crippen LogP) is 0.879. The van der Waals surface area contributed by atoms with E-state index in [0.29, 0.717) is 32.5 Å². The molecule has 5 heteroatoms. The van der Waals surface area contributed by atoms with Gasteiger partial charge in [-0.2, -0.15) is 0 Å². The molecule has 0 bridgehead atoms. The van der Waals surface area contributed by atoms with Crippen molar-refractivity contribution in [2.24, 2.45) is 5.92 Å². The fourth-order valence-corrected chi connectivity index (χ4v) is 2.49. The zero-order valence-electron chi connectivity index (χ0n) is 9.93. The minimum Gasteiger partial charge on any atom is -0.481 e. The molecule has 0 radical (unpaired) electrons. The lowest BCUT2D eigenvalue weighted by molar-refractivity contribution is -0.151. The summed E-state index contributed by atoms with van der Waals surface area (Å²) in [5, 5.41) is 8.88. The Labute approximate surface area is 101 Å². The molecule has 0 aliphatic carbocycles. The number of rotatable bonds is 2. The first-order valence-electron chi connectivity index (χ1n) is 6.31. The van der Waals surface area contributed by atoms with Gasteiger partial charge in [0.05, 0.1) is 5.92 Å². The van der Waals surface area contributed by atoms with Gasteiger partial charge in [-0.15, -0.1) is 0 Å². The van der Waals surface area contributed by atoms with Crippen LogP contribution in [0.4, 0.5) is 0 Å². The molecular formula is C12H19NO4. The topological polar surface area (TPSA) is 66.8 Å². The van der Waals surface area contributed by atoms with Crippen LogP contribution in [0.2, 0.25) is 0 Å². The van der Waals surface area contributed by atoms with Crippen LogP contribution in [0.5, 0.6) is 0 Å². The first-order valence-corrected chi connectivity index (χ1v) is 6.31. The summed E-state index contributed by atoms with van der Waals surface area (Å²) in [7, 11) is 0. The van der Waals surface area contributed by atoms with Crippen LogP contribution in [-0.2, 0) is 14.3 Å². The molecule has 1 N–H and O–H groups in total. The Morgan fingerprint density at radius 3 is 2.35 bits per heavy atom. The summed E-state index contributed by atoms with van der Waals surface area (Å²) in [5.74, 6) is -0.981. The highest BCUT2D eigenvalue weighted by atomic mass is 16.5. The second-order valence-electron chi connectivity index (χ2n) is 4.79. The molecule has 2 fully saturated rings. The number of carbonyl (C=O) groups is 2. The van der Waals surface area contributed by atoms with Crippen LogP contribution in [0.3, 0.4) is 0 Å². The molecule has 0 spiro atoms. The Morgan fingerprint density at radius 1 is 1.12 bits per heavy atom. The standard InChI is InChI=1S/C12H19NO4/c14-11(10-3-1-2-8-17-10)13-6-4-9(5-7-13)12(15)16/h9-10H,1-8H2,(H,15,16)/t10-/m1/s1. The Kier molecular flexibility index (Phi) is 3.99. The monoisotopic (exact) mass is 241 g/mol. The van der Waals surface area contributed by atoms with Crippen LogP contribution >= 0.6 is 0 Å². The Balaban J connectivity index is 1.83. The molecule has 2 rings (SSSR count). The van der Waals surface area contributed by atoms with Crippen molar-refractivity contribution in [1.29, 1.82) is 0 Å². The van der Waals surface area contributed by atoms with Gasteiger partial charge in [0.25, 0.3) is 5.91 Å². The summed E-state index contributed by atoms with van der Waals surface area (Å²) in [6, 6.07) is 0. The van der Waals surface area contributed by atoms with Crippen LogP contribution < -0.4 is 0 Å². The molecule has 0 saturated carbocycles. The normalized spacial score (nSPS) is 26.8. The fourth-order valence-electron chi connectivity index (χ4n) is 2.49. The maximum atomic E-state index is 12.1. The van der Waals surface area contributed by atoms with E-state index in [0.717, 1.165) is 19.3 Å². The molecular weight excluding hydrogens is 222 g/mol. The Morgan fingerprint density at radius 2 is 1.82 bits per heavy atom. The molecule has 0 aromatic carbocycles. The molecule has 1 atom stereocenters. The second-order valence-corrected chi connectivity index (χ2v) is 4.79.